The number of carboxylic acids is 1. The van der Waals surface area contributed by atoms with Gasteiger partial charge in [-0.25, -0.2) is 4.79 Å². The minimum absolute atomic E-state index is 0.0144. The molecule has 12 nitrogen and oxygen atoms in total. The summed E-state index contributed by atoms with van der Waals surface area (Å²) in [5.74, 6) is -2.72. The lowest BCUT2D eigenvalue weighted by Crippen LogP contribution is -2.70. The van der Waals surface area contributed by atoms with E-state index >= 15 is 0 Å². The average molecular weight is 790 g/mol. The molecule has 3 aliphatic rings. The van der Waals surface area contributed by atoms with Gasteiger partial charge in [-0.1, -0.05) is 34.8 Å². The number of carbonyl (C=O) groups excluding carboxylic acids is 4. The number of amides is 4. The second-order valence-corrected chi connectivity index (χ2v) is 15.0. The van der Waals surface area contributed by atoms with E-state index in [4.69, 9.17) is 34.8 Å². The molecule has 0 spiro atoms. The second-order valence-electron chi connectivity index (χ2n) is 11.7. The first-order valence-electron chi connectivity index (χ1n) is 15.4. The number of nitrogens with one attached hydrogen (secondary N) is 3. The van der Waals surface area contributed by atoms with Crippen LogP contribution >= 0.6 is 58.3 Å². The normalized spacial score (nSPS) is 19.2. The molecule has 2 saturated heterocycles. The SMILES string of the molecule is O=C(C[n+]1ccc(CC(=C2CCNC2=O)C2=C(C(=O)O)N3C(=O)[C@@H](NC(=O)CSc4cc(Cl)c(Cl)cc4Cl)[C@H]3SC2)cc1)Nc1ccc(O)cc1. The molecule has 0 bridgehead atoms. The number of aliphatic carboxylic acids is 1. The third-order valence-corrected chi connectivity index (χ3v) is 11.8. The molecule has 0 unspecified atom stereocenters. The minimum Gasteiger partial charge on any atom is -0.508 e. The van der Waals surface area contributed by atoms with E-state index in [1.165, 1.54) is 34.9 Å². The van der Waals surface area contributed by atoms with Crippen LogP contribution in [0.4, 0.5) is 5.69 Å². The number of aromatic nitrogens is 1. The summed E-state index contributed by atoms with van der Waals surface area (Å²) in [7, 11) is 0. The minimum atomic E-state index is -1.32. The van der Waals surface area contributed by atoms with Crippen LogP contribution in [0.1, 0.15) is 12.0 Å². The van der Waals surface area contributed by atoms with Gasteiger partial charge in [-0.05, 0) is 65.9 Å². The number of allylic oxidation sites excluding steroid dienone is 1. The molecule has 4 amide bonds. The maximum atomic E-state index is 13.4. The molecular weight excluding hydrogens is 761 g/mol. The summed E-state index contributed by atoms with van der Waals surface area (Å²) in [6, 6.07) is 11.8. The monoisotopic (exact) mass is 788 g/mol. The summed E-state index contributed by atoms with van der Waals surface area (Å²) in [6.45, 7) is 0.413. The quantitative estimate of drug-likeness (QED) is 0.0479. The van der Waals surface area contributed by atoms with E-state index in [0.717, 1.165) is 17.3 Å². The molecule has 2 atom stereocenters. The molecule has 0 radical (unpaired) electrons. The van der Waals surface area contributed by atoms with Crippen LogP contribution in [0.2, 0.25) is 15.1 Å². The van der Waals surface area contributed by atoms with E-state index in [1.54, 1.807) is 47.3 Å². The fourth-order valence-electron chi connectivity index (χ4n) is 5.85. The molecule has 6 rings (SSSR count). The molecule has 2 aromatic carbocycles. The molecule has 3 aliphatic heterocycles. The number of thioether (sulfide) groups is 2. The third kappa shape index (κ3) is 8.15. The van der Waals surface area contributed by atoms with Crippen molar-refractivity contribution >= 4 is 93.6 Å². The summed E-state index contributed by atoms with van der Waals surface area (Å²) >= 11 is 20.7. The number of hydrogen-bond donors (Lipinski definition) is 5. The highest BCUT2D eigenvalue weighted by atomic mass is 35.5. The lowest BCUT2D eigenvalue weighted by Gasteiger charge is -2.49. The number of benzene rings is 2. The molecule has 2 fully saturated rings. The van der Waals surface area contributed by atoms with Crippen LogP contribution in [0.15, 0.2) is 88.2 Å². The number of β-lactam (4-membered cyclic amide) rings is 1. The first kappa shape index (κ1) is 36.6. The third-order valence-electron chi connectivity index (χ3n) is 8.30. The number of hydrogen-bond acceptors (Lipinski definition) is 8. The van der Waals surface area contributed by atoms with Crippen LogP contribution in [0, 0.1) is 0 Å². The van der Waals surface area contributed by atoms with Gasteiger partial charge in [-0.15, -0.1) is 23.5 Å². The fourth-order valence-corrected chi connectivity index (χ4v) is 8.78. The molecule has 264 valence electrons. The van der Waals surface area contributed by atoms with Gasteiger partial charge in [0.1, 0.15) is 22.9 Å². The summed E-state index contributed by atoms with van der Waals surface area (Å²) in [4.78, 5) is 66.2. The van der Waals surface area contributed by atoms with Gasteiger partial charge in [-0.3, -0.25) is 24.1 Å². The van der Waals surface area contributed by atoms with Crippen LogP contribution < -0.4 is 20.5 Å². The number of nitrogens with zero attached hydrogens (tertiary/aromatic N) is 2. The first-order valence-corrected chi connectivity index (χ1v) is 18.6. The number of phenolic OH excluding ortho intramolecular Hbond substituents is 1. The number of phenols is 1. The largest absolute Gasteiger partial charge is 0.508 e. The first-order chi connectivity index (χ1) is 24.4. The van der Waals surface area contributed by atoms with E-state index in [9.17, 15) is 34.2 Å². The number of halogens is 3. The van der Waals surface area contributed by atoms with Crippen LogP contribution in [0.5, 0.6) is 5.75 Å². The van der Waals surface area contributed by atoms with Gasteiger partial charge in [0, 0.05) is 40.6 Å². The van der Waals surface area contributed by atoms with Crippen LogP contribution in [-0.2, 0) is 36.9 Å². The van der Waals surface area contributed by atoms with Gasteiger partial charge < -0.3 is 26.2 Å². The van der Waals surface area contributed by atoms with Gasteiger partial charge >= 0.3 is 5.97 Å². The Bertz CT molecular complexity index is 2010. The lowest BCUT2D eigenvalue weighted by atomic mass is 9.90. The van der Waals surface area contributed by atoms with E-state index in [-0.39, 0.29) is 57.8 Å². The molecule has 51 heavy (non-hydrogen) atoms. The molecule has 0 aliphatic carbocycles. The maximum Gasteiger partial charge on any atom is 0.352 e. The number of carboxylic acid groups (broad SMARTS) is 1. The van der Waals surface area contributed by atoms with E-state index in [0.29, 0.717) is 45.3 Å². The van der Waals surface area contributed by atoms with Gasteiger partial charge in [0.15, 0.2) is 12.4 Å². The second kappa shape index (κ2) is 15.6. The van der Waals surface area contributed by atoms with Gasteiger partial charge in [0.05, 0.1) is 20.8 Å². The fraction of sp³-hybridized carbons (Fsp3) is 0.235. The Hall–Kier alpha value is -4.21. The molecule has 3 aromatic rings. The zero-order chi connectivity index (χ0) is 36.4. The molecular formula is C34H29Cl3N5O7S2+. The maximum absolute atomic E-state index is 13.4. The van der Waals surface area contributed by atoms with Crippen molar-refractivity contribution in [3.8, 4) is 5.75 Å². The molecule has 4 heterocycles. The number of aromatic hydroxyl groups is 1. The van der Waals surface area contributed by atoms with E-state index < -0.39 is 29.2 Å². The predicted octanol–water partition coefficient (Wildman–Crippen LogP) is 4.17. The highest BCUT2D eigenvalue weighted by molar-refractivity contribution is 8.00. The number of anilines is 1. The summed E-state index contributed by atoms with van der Waals surface area (Å²) < 4.78 is 1.67. The average Bonchev–Trinajstić information content (AvgIpc) is 3.53. The van der Waals surface area contributed by atoms with E-state index in [1.807, 2.05) is 0 Å². The van der Waals surface area contributed by atoms with Gasteiger partial charge in [-0.2, -0.15) is 4.57 Å². The predicted molar refractivity (Wildman–Crippen MR) is 194 cm³/mol. The molecule has 17 heteroatoms. The Balaban J connectivity index is 1.17. The Morgan fingerprint density at radius 3 is 2.37 bits per heavy atom. The molecule has 0 saturated carbocycles. The van der Waals surface area contributed by atoms with Crippen molar-refractivity contribution in [3.63, 3.8) is 0 Å². The van der Waals surface area contributed by atoms with Crippen LogP contribution in [0.25, 0.3) is 0 Å². The van der Waals surface area contributed by atoms with Crippen LogP contribution in [0.3, 0.4) is 0 Å². The Morgan fingerprint density at radius 1 is 1.00 bits per heavy atom. The lowest BCUT2D eigenvalue weighted by molar-refractivity contribution is -0.684. The summed E-state index contributed by atoms with van der Waals surface area (Å²) in [5, 5.41) is 28.3. The van der Waals surface area contributed by atoms with Crippen molar-refractivity contribution in [3.05, 3.63) is 104 Å². The van der Waals surface area contributed by atoms with Crippen molar-refractivity contribution in [2.75, 3.05) is 23.4 Å². The Kier molecular flexibility index (Phi) is 11.2. The molecule has 1 aromatic heterocycles. The smallest absolute Gasteiger partial charge is 0.352 e. The van der Waals surface area contributed by atoms with Crippen molar-refractivity contribution in [1.82, 2.24) is 15.5 Å². The van der Waals surface area contributed by atoms with Crippen molar-refractivity contribution < 1.29 is 38.8 Å². The van der Waals surface area contributed by atoms with Crippen LogP contribution in [-0.4, -0.2) is 74.2 Å². The zero-order valence-electron chi connectivity index (χ0n) is 26.5. The van der Waals surface area contributed by atoms with Gasteiger partial charge in [0.25, 0.3) is 11.8 Å². The number of fused-ring (bicyclic) bond motifs is 1. The number of rotatable bonds is 11. The number of pyridine rings is 1. The van der Waals surface area contributed by atoms with Crippen molar-refractivity contribution in [2.24, 2.45) is 0 Å². The highest BCUT2D eigenvalue weighted by Gasteiger charge is 2.54. The molecule has 5 N–H and O–H groups in total. The highest BCUT2D eigenvalue weighted by Crippen LogP contribution is 2.44. The van der Waals surface area contributed by atoms with Crippen molar-refractivity contribution in [1.29, 1.82) is 0 Å². The summed E-state index contributed by atoms with van der Waals surface area (Å²) in [6.07, 6.45) is 4.01. The standard InChI is InChI=1S/C34H28Cl3N5O7S2/c35-23-12-25(37)26(13-24(23)36)50-16-28(45)40-29-32(47)42-30(34(48)49)22(15-51-33(29)42)21(20-5-8-38-31(20)46)11-17-6-9-41(10-7-17)14-27(44)39-18-1-3-19(43)4-2-18/h1-4,6-7,9-10,12-13,29,33H,5,8,11,14-16H2,(H4-,38,39,40,43,44,45,46,48,49)/p+1/t29-,33-/m1/s1. The topological polar surface area (TPSA) is 169 Å². The summed E-state index contributed by atoms with van der Waals surface area (Å²) in [5.41, 5.74) is 2.41. The zero-order valence-corrected chi connectivity index (χ0v) is 30.4. The van der Waals surface area contributed by atoms with Gasteiger partial charge in [0.2, 0.25) is 18.4 Å². The Labute approximate surface area is 315 Å². The Morgan fingerprint density at radius 2 is 1.71 bits per heavy atom. The van der Waals surface area contributed by atoms with E-state index in [2.05, 4.69) is 16.0 Å². The number of carbonyl (C=O) groups is 5. The van der Waals surface area contributed by atoms with Crippen molar-refractivity contribution in [2.45, 2.75) is 35.7 Å².